The van der Waals surface area contributed by atoms with E-state index in [1.807, 2.05) is 30.9 Å². The molecule has 0 atom stereocenters. The van der Waals surface area contributed by atoms with Gasteiger partial charge in [0.25, 0.3) is 0 Å². The highest BCUT2D eigenvalue weighted by Crippen LogP contribution is 2.30. The summed E-state index contributed by atoms with van der Waals surface area (Å²) < 4.78 is 5.61. The molecule has 0 aliphatic heterocycles. The first-order chi connectivity index (χ1) is 11.0. The number of rotatable bonds is 5. The largest absolute Gasteiger partial charge is 0.550 e. The average molecular weight is 329 g/mol. The van der Waals surface area contributed by atoms with Crippen LogP contribution in [0.15, 0.2) is 33.6 Å². The lowest BCUT2D eigenvalue weighted by Crippen LogP contribution is -2.24. The number of thiophene rings is 1. The van der Waals surface area contributed by atoms with E-state index >= 15 is 0 Å². The van der Waals surface area contributed by atoms with Crippen LogP contribution in [0.4, 0.5) is 5.95 Å². The fourth-order valence-corrected chi connectivity index (χ4v) is 2.65. The number of anilines is 1. The van der Waals surface area contributed by atoms with Crippen LogP contribution in [0.25, 0.3) is 22.7 Å². The molecule has 0 aromatic carbocycles. The highest BCUT2D eigenvalue weighted by molar-refractivity contribution is 7.08. The Balaban J connectivity index is 2.01. The van der Waals surface area contributed by atoms with E-state index in [2.05, 4.69) is 15.0 Å². The second-order valence-electron chi connectivity index (χ2n) is 5.02. The quantitative estimate of drug-likeness (QED) is 0.694. The van der Waals surface area contributed by atoms with Gasteiger partial charge in [-0.3, -0.25) is 0 Å². The normalized spacial score (nSPS) is 10.7. The molecule has 3 aromatic rings. The molecule has 0 bridgehead atoms. The van der Waals surface area contributed by atoms with Gasteiger partial charge in [0.05, 0.1) is 5.56 Å². The van der Waals surface area contributed by atoms with Crippen LogP contribution in [0.1, 0.15) is 5.76 Å². The average Bonchev–Trinajstić information content (AvgIpc) is 3.16. The van der Waals surface area contributed by atoms with E-state index in [4.69, 9.17) is 4.42 Å². The molecule has 0 saturated carbocycles. The summed E-state index contributed by atoms with van der Waals surface area (Å²) in [4.78, 5) is 25.5. The number of carbonyl (C=O) groups excluding carboxylic acids is 1. The summed E-state index contributed by atoms with van der Waals surface area (Å²) in [6.45, 7) is 0. The zero-order chi connectivity index (χ0) is 16.4. The van der Waals surface area contributed by atoms with Crippen LogP contribution >= 0.6 is 11.3 Å². The second kappa shape index (κ2) is 6.17. The minimum Gasteiger partial charge on any atom is -0.550 e. The van der Waals surface area contributed by atoms with E-state index in [0.29, 0.717) is 17.2 Å². The Hall–Kier alpha value is -2.74. The highest BCUT2D eigenvalue weighted by atomic mass is 32.1. The molecule has 0 amide bonds. The fraction of sp³-hybridized carbons (Fsp3) is 0.200. The summed E-state index contributed by atoms with van der Waals surface area (Å²) in [7, 11) is 3.68. The van der Waals surface area contributed by atoms with E-state index in [0.717, 1.165) is 5.56 Å². The predicted molar refractivity (Wildman–Crippen MR) is 83.9 cm³/mol. The van der Waals surface area contributed by atoms with E-state index in [1.54, 1.807) is 17.3 Å². The van der Waals surface area contributed by atoms with Crippen molar-refractivity contribution in [3.8, 4) is 22.7 Å². The van der Waals surface area contributed by atoms with Crippen molar-refractivity contribution in [3.63, 3.8) is 0 Å². The van der Waals surface area contributed by atoms with Crippen LogP contribution in [0.5, 0.6) is 0 Å². The van der Waals surface area contributed by atoms with Gasteiger partial charge in [0.1, 0.15) is 11.5 Å². The molecule has 7 nitrogen and oxygen atoms in total. The van der Waals surface area contributed by atoms with Gasteiger partial charge in [-0.2, -0.15) is 11.3 Å². The van der Waals surface area contributed by atoms with E-state index in [9.17, 15) is 9.90 Å². The first-order valence-corrected chi connectivity index (χ1v) is 7.70. The third-order valence-corrected chi connectivity index (χ3v) is 3.77. The minimum absolute atomic E-state index is 0.259. The Morgan fingerprint density at radius 3 is 2.61 bits per heavy atom. The molecule has 3 aromatic heterocycles. The van der Waals surface area contributed by atoms with Crippen molar-refractivity contribution in [1.29, 1.82) is 0 Å². The maximum atomic E-state index is 10.9. The highest BCUT2D eigenvalue weighted by Gasteiger charge is 2.17. The Labute approximate surface area is 136 Å². The SMILES string of the molecule is CN(C)c1ncc(-c2nc(-c3ccsc3)c(CC(=O)[O-])o2)cn1. The molecule has 8 heteroatoms. The van der Waals surface area contributed by atoms with Crippen LogP contribution in [-0.4, -0.2) is 35.0 Å². The first-order valence-electron chi connectivity index (χ1n) is 6.76. The van der Waals surface area contributed by atoms with Crippen molar-refractivity contribution in [2.75, 3.05) is 19.0 Å². The van der Waals surface area contributed by atoms with Crippen LogP contribution in [0.3, 0.4) is 0 Å². The van der Waals surface area contributed by atoms with Crippen molar-refractivity contribution in [3.05, 3.63) is 35.0 Å². The molecule has 0 unspecified atom stereocenters. The van der Waals surface area contributed by atoms with Crippen LogP contribution in [0, 0.1) is 0 Å². The molecule has 0 N–H and O–H groups in total. The molecule has 0 fully saturated rings. The third kappa shape index (κ3) is 3.21. The molecular formula is C15H13N4O3S-. The molecule has 0 radical (unpaired) electrons. The Bertz CT molecular complexity index is 810. The second-order valence-corrected chi connectivity index (χ2v) is 5.80. The molecular weight excluding hydrogens is 316 g/mol. The maximum absolute atomic E-state index is 10.9. The monoisotopic (exact) mass is 329 g/mol. The molecule has 23 heavy (non-hydrogen) atoms. The summed E-state index contributed by atoms with van der Waals surface area (Å²) in [6.07, 6.45) is 2.84. The summed E-state index contributed by atoms with van der Waals surface area (Å²) in [6, 6.07) is 1.86. The molecule has 0 saturated heterocycles. The zero-order valence-electron chi connectivity index (χ0n) is 12.5. The minimum atomic E-state index is -1.22. The number of oxazole rings is 1. The van der Waals surface area contributed by atoms with E-state index in [-0.39, 0.29) is 18.1 Å². The topological polar surface area (TPSA) is 95.2 Å². The molecule has 0 aliphatic carbocycles. The summed E-state index contributed by atoms with van der Waals surface area (Å²) in [5.41, 5.74) is 1.89. The van der Waals surface area contributed by atoms with Crippen molar-refractivity contribution < 1.29 is 14.3 Å². The van der Waals surface area contributed by atoms with Gasteiger partial charge in [-0.15, -0.1) is 0 Å². The van der Waals surface area contributed by atoms with Gasteiger partial charge in [-0.25, -0.2) is 15.0 Å². The number of aromatic nitrogens is 3. The van der Waals surface area contributed by atoms with Crippen molar-refractivity contribution >= 4 is 23.3 Å². The van der Waals surface area contributed by atoms with E-state index in [1.165, 1.54) is 11.3 Å². The van der Waals surface area contributed by atoms with Crippen molar-refractivity contribution in [2.45, 2.75) is 6.42 Å². The molecule has 0 spiro atoms. The Kier molecular flexibility index (Phi) is 4.07. The van der Waals surface area contributed by atoms with Crippen molar-refractivity contribution in [1.82, 2.24) is 15.0 Å². The number of carbonyl (C=O) groups is 1. The zero-order valence-corrected chi connectivity index (χ0v) is 13.3. The number of hydrogen-bond donors (Lipinski definition) is 0. The summed E-state index contributed by atoms with van der Waals surface area (Å²) in [5.74, 6) is -0.112. The predicted octanol–water partition coefficient (Wildman–Crippen LogP) is 1.22. The van der Waals surface area contributed by atoms with E-state index < -0.39 is 5.97 Å². The lowest BCUT2D eigenvalue weighted by molar-refractivity contribution is -0.305. The smallest absolute Gasteiger partial charge is 0.230 e. The lowest BCUT2D eigenvalue weighted by atomic mass is 10.2. The van der Waals surface area contributed by atoms with Gasteiger partial charge in [0.15, 0.2) is 0 Å². The van der Waals surface area contributed by atoms with Crippen LogP contribution in [-0.2, 0) is 11.2 Å². The molecule has 118 valence electrons. The van der Waals surface area contributed by atoms with Crippen LogP contribution in [0.2, 0.25) is 0 Å². The number of carboxylic acid groups (broad SMARTS) is 1. The molecule has 3 rings (SSSR count). The first kappa shape index (κ1) is 15.2. The summed E-state index contributed by atoms with van der Waals surface area (Å²) >= 11 is 1.50. The van der Waals surface area contributed by atoms with Gasteiger partial charge in [0, 0.05) is 49.8 Å². The Morgan fingerprint density at radius 2 is 2.04 bits per heavy atom. The van der Waals surface area contributed by atoms with Crippen molar-refractivity contribution in [2.24, 2.45) is 0 Å². The fourth-order valence-electron chi connectivity index (χ4n) is 2.01. The van der Waals surface area contributed by atoms with Gasteiger partial charge in [-0.05, 0) is 11.4 Å². The van der Waals surface area contributed by atoms with Gasteiger partial charge < -0.3 is 19.2 Å². The van der Waals surface area contributed by atoms with Crippen LogP contribution < -0.4 is 10.0 Å². The van der Waals surface area contributed by atoms with Gasteiger partial charge in [0.2, 0.25) is 11.8 Å². The molecule has 3 heterocycles. The van der Waals surface area contributed by atoms with Gasteiger partial charge in [-0.1, -0.05) is 0 Å². The molecule has 0 aliphatic rings. The lowest BCUT2D eigenvalue weighted by Gasteiger charge is -2.08. The standard InChI is InChI=1S/C15H14N4O3S/c1-19(2)15-16-6-10(7-17-15)14-18-13(9-3-4-23-8-9)11(22-14)5-12(20)21/h3-4,6-8H,5H2,1-2H3,(H,20,21)/p-1. The number of aliphatic carboxylic acids is 1. The Morgan fingerprint density at radius 1 is 1.30 bits per heavy atom. The number of carboxylic acids is 1. The summed E-state index contributed by atoms with van der Waals surface area (Å²) in [5, 5.41) is 14.7. The number of nitrogens with zero attached hydrogens (tertiary/aromatic N) is 4. The van der Waals surface area contributed by atoms with Gasteiger partial charge >= 0.3 is 0 Å². The maximum Gasteiger partial charge on any atom is 0.230 e. The third-order valence-electron chi connectivity index (χ3n) is 3.08. The number of hydrogen-bond acceptors (Lipinski definition) is 8.